The van der Waals surface area contributed by atoms with Gasteiger partial charge in [0.2, 0.25) is 0 Å². The molecular formula is C11H15BrClNOS. The van der Waals surface area contributed by atoms with Crippen LogP contribution in [0.25, 0.3) is 0 Å². The van der Waals surface area contributed by atoms with E-state index in [2.05, 4.69) is 21.2 Å². The minimum atomic E-state index is -0.283. The van der Waals surface area contributed by atoms with Gasteiger partial charge in [0.15, 0.2) is 0 Å². The highest BCUT2D eigenvalue weighted by atomic mass is 79.9. The van der Waals surface area contributed by atoms with E-state index in [4.69, 9.17) is 11.6 Å². The van der Waals surface area contributed by atoms with Crippen molar-refractivity contribution in [2.45, 2.75) is 32.2 Å². The Morgan fingerprint density at radius 1 is 1.50 bits per heavy atom. The number of hydrogen-bond acceptors (Lipinski definition) is 2. The van der Waals surface area contributed by atoms with Gasteiger partial charge in [-0.25, -0.2) is 0 Å². The summed E-state index contributed by atoms with van der Waals surface area (Å²) in [7, 11) is 0. The Bertz CT molecular complexity index is 354. The molecular weight excluding hydrogens is 310 g/mol. The Morgan fingerprint density at radius 2 is 2.12 bits per heavy atom. The van der Waals surface area contributed by atoms with E-state index in [1.54, 1.807) is 0 Å². The lowest BCUT2D eigenvalue weighted by atomic mass is 9.95. The van der Waals surface area contributed by atoms with Gasteiger partial charge in [-0.3, -0.25) is 4.79 Å². The number of rotatable bonds is 5. The highest BCUT2D eigenvalue weighted by molar-refractivity contribution is 9.11. The normalized spacial score (nSPS) is 11.5. The fraction of sp³-hybridized carbons (Fsp3) is 0.545. The molecule has 0 spiro atoms. The molecule has 1 rings (SSSR count). The molecule has 0 atom stereocenters. The number of alkyl halides is 1. The molecule has 16 heavy (non-hydrogen) atoms. The van der Waals surface area contributed by atoms with Gasteiger partial charge in [-0.2, -0.15) is 0 Å². The summed E-state index contributed by atoms with van der Waals surface area (Å²) in [5.41, 5.74) is -0.283. The molecule has 5 heteroatoms. The molecule has 90 valence electrons. The second-order valence-electron chi connectivity index (χ2n) is 3.68. The van der Waals surface area contributed by atoms with Crippen molar-refractivity contribution >= 4 is 44.8 Å². The summed E-state index contributed by atoms with van der Waals surface area (Å²) in [6.45, 7) is 4.08. The maximum absolute atomic E-state index is 12.0. The van der Waals surface area contributed by atoms with Crippen LogP contribution in [0.1, 0.15) is 36.4 Å². The van der Waals surface area contributed by atoms with E-state index in [9.17, 15) is 4.79 Å². The van der Waals surface area contributed by atoms with Crippen LogP contribution in [-0.2, 0) is 0 Å². The van der Waals surface area contributed by atoms with Gasteiger partial charge in [0.25, 0.3) is 5.91 Å². The van der Waals surface area contributed by atoms with Crippen molar-refractivity contribution in [3.8, 4) is 0 Å². The van der Waals surface area contributed by atoms with Gasteiger partial charge >= 0.3 is 0 Å². The summed E-state index contributed by atoms with van der Waals surface area (Å²) in [6.07, 6.45) is 1.68. The summed E-state index contributed by atoms with van der Waals surface area (Å²) in [6, 6.07) is 3.69. The van der Waals surface area contributed by atoms with Gasteiger partial charge in [0, 0.05) is 5.88 Å². The Balaban J connectivity index is 2.76. The zero-order chi connectivity index (χ0) is 12.2. The average Bonchev–Trinajstić information content (AvgIpc) is 2.73. The maximum atomic E-state index is 12.0. The molecule has 1 aromatic heterocycles. The summed E-state index contributed by atoms with van der Waals surface area (Å²) in [5, 5.41) is 3.03. The van der Waals surface area contributed by atoms with E-state index in [0.29, 0.717) is 10.8 Å². The minimum absolute atomic E-state index is 0.0416. The number of carbonyl (C=O) groups excluding carboxylic acids is 1. The minimum Gasteiger partial charge on any atom is -0.345 e. The number of thiophene rings is 1. The molecule has 1 amide bonds. The van der Waals surface area contributed by atoms with Crippen LogP contribution in [0.5, 0.6) is 0 Å². The second-order valence-corrected chi connectivity index (χ2v) is 6.41. The Hall–Kier alpha value is -0.0600. The number of hydrogen-bond donors (Lipinski definition) is 1. The molecule has 0 unspecified atom stereocenters. The van der Waals surface area contributed by atoms with Gasteiger partial charge < -0.3 is 5.32 Å². The third-order valence-electron chi connectivity index (χ3n) is 2.79. The second kappa shape index (κ2) is 6.03. The fourth-order valence-electron chi connectivity index (χ4n) is 1.39. The topological polar surface area (TPSA) is 29.1 Å². The predicted molar refractivity (Wildman–Crippen MR) is 73.5 cm³/mol. The third kappa shape index (κ3) is 3.22. The van der Waals surface area contributed by atoms with E-state index in [-0.39, 0.29) is 11.4 Å². The quantitative estimate of drug-likeness (QED) is 0.814. The van der Waals surface area contributed by atoms with Crippen LogP contribution in [0.4, 0.5) is 0 Å². The molecule has 1 aromatic rings. The predicted octanol–water partition coefficient (Wildman–Crippen LogP) is 4.04. The van der Waals surface area contributed by atoms with Gasteiger partial charge in [0.05, 0.1) is 14.2 Å². The van der Waals surface area contributed by atoms with Crippen molar-refractivity contribution in [2.75, 3.05) is 5.88 Å². The van der Waals surface area contributed by atoms with Crippen LogP contribution in [0.2, 0.25) is 0 Å². The molecule has 0 aliphatic heterocycles. The first-order valence-corrected chi connectivity index (χ1v) is 7.35. The largest absolute Gasteiger partial charge is 0.345 e. The lowest BCUT2D eigenvalue weighted by molar-refractivity contribution is 0.0907. The Labute approximate surface area is 114 Å². The van der Waals surface area contributed by atoms with Crippen molar-refractivity contribution in [3.05, 3.63) is 20.8 Å². The van der Waals surface area contributed by atoms with Crippen molar-refractivity contribution < 1.29 is 4.79 Å². The number of carbonyl (C=O) groups is 1. The van der Waals surface area contributed by atoms with Crippen LogP contribution >= 0.6 is 38.9 Å². The van der Waals surface area contributed by atoms with Gasteiger partial charge in [-0.1, -0.05) is 13.8 Å². The molecule has 0 bridgehead atoms. The summed E-state index contributed by atoms with van der Waals surface area (Å²) in [5.74, 6) is 0.401. The molecule has 0 aromatic carbocycles. The van der Waals surface area contributed by atoms with E-state index in [1.165, 1.54) is 11.3 Å². The number of nitrogens with one attached hydrogen (secondary N) is 1. The van der Waals surface area contributed by atoms with Crippen molar-refractivity contribution in [2.24, 2.45) is 0 Å². The van der Waals surface area contributed by atoms with Crippen molar-refractivity contribution in [1.29, 1.82) is 0 Å². The maximum Gasteiger partial charge on any atom is 0.261 e. The van der Waals surface area contributed by atoms with Crippen molar-refractivity contribution in [1.82, 2.24) is 5.32 Å². The Morgan fingerprint density at radius 3 is 2.50 bits per heavy atom. The molecule has 0 radical (unpaired) electrons. The first-order chi connectivity index (χ1) is 7.56. The zero-order valence-electron chi connectivity index (χ0n) is 9.35. The van der Waals surface area contributed by atoms with Crippen LogP contribution in [-0.4, -0.2) is 17.3 Å². The molecule has 0 aliphatic rings. The first-order valence-electron chi connectivity index (χ1n) is 5.20. The lowest BCUT2D eigenvalue weighted by Crippen LogP contribution is -2.49. The van der Waals surface area contributed by atoms with Gasteiger partial charge in [-0.15, -0.1) is 22.9 Å². The number of halogens is 2. The highest BCUT2D eigenvalue weighted by Gasteiger charge is 2.27. The number of amides is 1. The molecule has 0 aliphatic carbocycles. The fourth-order valence-corrected chi connectivity index (χ4v) is 3.11. The van der Waals surface area contributed by atoms with E-state index < -0.39 is 0 Å². The summed E-state index contributed by atoms with van der Waals surface area (Å²) in [4.78, 5) is 12.7. The molecule has 0 saturated heterocycles. The summed E-state index contributed by atoms with van der Waals surface area (Å²) < 4.78 is 0.960. The van der Waals surface area contributed by atoms with Crippen LogP contribution in [0, 0.1) is 0 Å². The van der Waals surface area contributed by atoms with Crippen LogP contribution in [0.15, 0.2) is 15.9 Å². The highest BCUT2D eigenvalue weighted by Crippen LogP contribution is 2.24. The van der Waals surface area contributed by atoms with Gasteiger partial charge in [-0.05, 0) is 40.9 Å². The molecule has 2 nitrogen and oxygen atoms in total. The first kappa shape index (κ1) is 14.0. The van der Waals surface area contributed by atoms with Crippen LogP contribution < -0.4 is 5.32 Å². The summed E-state index contributed by atoms with van der Waals surface area (Å²) >= 11 is 10.7. The van der Waals surface area contributed by atoms with E-state index in [0.717, 1.165) is 16.6 Å². The van der Waals surface area contributed by atoms with Gasteiger partial charge in [0.1, 0.15) is 0 Å². The zero-order valence-corrected chi connectivity index (χ0v) is 12.5. The van der Waals surface area contributed by atoms with Crippen LogP contribution in [0.3, 0.4) is 0 Å². The van der Waals surface area contributed by atoms with E-state index in [1.807, 2.05) is 26.0 Å². The molecule has 1 heterocycles. The standard InChI is InChI=1S/C11H15BrClNOS/c1-3-11(4-2,7-13)14-10(15)8-5-6-9(12)16-8/h5-6H,3-4,7H2,1-2H3,(H,14,15). The molecule has 0 fully saturated rings. The molecule has 1 N–H and O–H groups in total. The lowest BCUT2D eigenvalue weighted by Gasteiger charge is -2.30. The third-order valence-corrected chi connectivity index (χ3v) is 4.92. The van der Waals surface area contributed by atoms with Crippen molar-refractivity contribution in [3.63, 3.8) is 0 Å². The average molecular weight is 325 g/mol. The SMILES string of the molecule is CCC(CC)(CCl)NC(=O)c1ccc(Br)s1. The van der Waals surface area contributed by atoms with E-state index >= 15 is 0 Å². The monoisotopic (exact) mass is 323 g/mol. The molecule has 0 saturated carbocycles. The Kier molecular flexibility index (Phi) is 5.28. The smallest absolute Gasteiger partial charge is 0.261 e.